The third kappa shape index (κ3) is 2.92. The van der Waals surface area contributed by atoms with Gasteiger partial charge in [-0.1, -0.05) is 19.8 Å². The second kappa shape index (κ2) is 5.61. The van der Waals surface area contributed by atoms with E-state index in [4.69, 9.17) is 5.73 Å². The lowest BCUT2D eigenvalue weighted by atomic mass is 9.97. The second-order valence-corrected chi connectivity index (χ2v) is 8.94. The van der Waals surface area contributed by atoms with Gasteiger partial charge in [-0.05, 0) is 12.8 Å². The number of hydrogen-bond acceptors (Lipinski definition) is 5. The van der Waals surface area contributed by atoms with Gasteiger partial charge in [-0.2, -0.15) is 11.8 Å². The minimum Gasteiger partial charge on any atom is -0.322 e. The zero-order valence-corrected chi connectivity index (χ0v) is 12.9. The molecule has 0 radical (unpaired) electrons. The average molecular weight is 306 g/mol. The van der Waals surface area contributed by atoms with Crippen LogP contribution in [0.2, 0.25) is 0 Å². The maximum absolute atomic E-state index is 12.6. The smallest absolute Gasteiger partial charge is 0.243 e. The summed E-state index contributed by atoms with van der Waals surface area (Å²) in [6.07, 6.45) is 3.26. The van der Waals surface area contributed by atoms with Crippen LogP contribution in [0, 0.1) is 0 Å². The van der Waals surface area contributed by atoms with Crippen LogP contribution in [0.4, 0.5) is 0 Å². The Labute approximate surface area is 119 Å². The fraction of sp³-hybridized carbons (Fsp3) is 0.917. The normalized spacial score (nSPS) is 27.5. The lowest BCUT2D eigenvalue weighted by Gasteiger charge is -2.39. The predicted molar refractivity (Wildman–Crippen MR) is 77.7 cm³/mol. The van der Waals surface area contributed by atoms with Crippen molar-refractivity contribution in [2.24, 2.45) is 5.73 Å². The van der Waals surface area contributed by atoms with Gasteiger partial charge < -0.3 is 10.6 Å². The summed E-state index contributed by atoms with van der Waals surface area (Å²) in [5.41, 5.74) is 5.36. The van der Waals surface area contributed by atoms with Crippen molar-refractivity contribution in [2.75, 3.05) is 23.8 Å². The Hall–Kier alpha value is -0.270. The quantitative estimate of drug-likeness (QED) is 0.825. The van der Waals surface area contributed by atoms with E-state index < -0.39 is 20.8 Å². The molecule has 7 heteroatoms. The summed E-state index contributed by atoms with van der Waals surface area (Å²) >= 11 is 1.59. The van der Waals surface area contributed by atoms with E-state index in [0.29, 0.717) is 25.1 Å². The summed E-state index contributed by atoms with van der Waals surface area (Å²) in [4.78, 5) is 14.2. The van der Waals surface area contributed by atoms with Gasteiger partial charge in [-0.15, -0.1) is 0 Å². The fourth-order valence-electron chi connectivity index (χ4n) is 2.81. The van der Waals surface area contributed by atoms with Crippen LogP contribution in [0.5, 0.6) is 0 Å². The Bertz CT molecular complexity index is 444. The average Bonchev–Trinajstić information content (AvgIpc) is 2.86. The maximum atomic E-state index is 12.6. The monoisotopic (exact) mass is 306 g/mol. The molecule has 0 bridgehead atoms. The maximum Gasteiger partial charge on any atom is 0.243 e. The van der Waals surface area contributed by atoms with Gasteiger partial charge in [0.1, 0.15) is 5.37 Å². The second-order valence-electron chi connectivity index (χ2n) is 5.34. The summed E-state index contributed by atoms with van der Waals surface area (Å²) < 4.78 is 24.3. The highest BCUT2D eigenvalue weighted by molar-refractivity contribution is 8.01. The number of amides is 1. The number of sulfone groups is 1. The molecular formula is C12H22N2O3S2. The Morgan fingerprint density at radius 3 is 2.63 bits per heavy atom. The highest BCUT2D eigenvalue weighted by Crippen LogP contribution is 2.32. The molecule has 5 nitrogen and oxygen atoms in total. The minimum atomic E-state index is -3.24. The highest BCUT2D eigenvalue weighted by Gasteiger charge is 2.45. The SMILES string of the molecule is CCS(=O)(=O)C1CSCCN1C(=O)C1(N)CCCC1. The number of rotatable bonds is 3. The van der Waals surface area contributed by atoms with Crippen LogP contribution in [0.15, 0.2) is 0 Å². The van der Waals surface area contributed by atoms with Crippen LogP contribution >= 0.6 is 11.8 Å². The predicted octanol–water partition coefficient (Wildman–Crippen LogP) is 0.594. The Morgan fingerprint density at radius 2 is 2.05 bits per heavy atom. The first-order valence-electron chi connectivity index (χ1n) is 6.80. The largest absolute Gasteiger partial charge is 0.322 e. The standard InChI is InChI=1S/C12H22N2O3S2/c1-2-19(16,17)10-9-18-8-7-14(10)11(15)12(13)5-3-4-6-12/h10H,2-9,13H2,1H3. The molecule has 1 aliphatic carbocycles. The van der Waals surface area contributed by atoms with Crippen LogP contribution in [0.1, 0.15) is 32.6 Å². The third-order valence-corrected chi connectivity index (χ3v) is 7.37. The van der Waals surface area contributed by atoms with Gasteiger partial charge >= 0.3 is 0 Å². The van der Waals surface area contributed by atoms with Crippen molar-refractivity contribution < 1.29 is 13.2 Å². The molecule has 110 valence electrons. The molecule has 1 saturated carbocycles. The van der Waals surface area contributed by atoms with Crippen LogP contribution in [-0.4, -0.2) is 53.9 Å². The fourth-order valence-corrected chi connectivity index (χ4v) is 5.77. The van der Waals surface area contributed by atoms with E-state index in [1.807, 2.05) is 0 Å². The molecule has 19 heavy (non-hydrogen) atoms. The van der Waals surface area contributed by atoms with Crippen molar-refractivity contribution in [3.63, 3.8) is 0 Å². The number of nitrogens with zero attached hydrogens (tertiary/aromatic N) is 1. The Balaban J connectivity index is 2.22. The summed E-state index contributed by atoms with van der Waals surface area (Å²) in [6, 6.07) is 0. The first-order chi connectivity index (χ1) is 8.91. The number of carbonyl (C=O) groups is 1. The molecule has 1 amide bonds. The van der Waals surface area contributed by atoms with E-state index in [9.17, 15) is 13.2 Å². The van der Waals surface area contributed by atoms with Crippen molar-refractivity contribution in [3.8, 4) is 0 Å². The molecule has 1 heterocycles. The van der Waals surface area contributed by atoms with E-state index in [1.165, 1.54) is 4.90 Å². The topological polar surface area (TPSA) is 80.5 Å². The van der Waals surface area contributed by atoms with Crippen molar-refractivity contribution in [2.45, 2.75) is 43.5 Å². The number of nitrogens with two attached hydrogens (primary N) is 1. The molecule has 0 aromatic rings. The first kappa shape index (κ1) is 15.1. The molecule has 2 rings (SSSR count). The van der Waals surface area contributed by atoms with E-state index in [-0.39, 0.29) is 11.7 Å². The summed E-state index contributed by atoms with van der Waals surface area (Å²) in [5.74, 6) is 1.17. The van der Waals surface area contributed by atoms with Crippen molar-refractivity contribution in [3.05, 3.63) is 0 Å². The molecule has 1 unspecified atom stereocenters. The Kier molecular flexibility index (Phi) is 4.47. The highest BCUT2D eigenvalue weighted by atomic mass is 32.2. The molecular weight excluding hydrogens is 284 g/mol. The van der Waals surface area contributed by atoms with Gasteiger partial charge in [0.25, 0.3) is 0 Å². The lowest BCUT2D eigenvalue weighted by Crippen LogP contribution is -2.60. The molecule has 2 N–H and O–H groups in total. The number of carbonyl (C=O) groups excluding carboxylic acids is 1. The summed E-state index contributed by atoms with van der Waals surface area (Å²) in [6.45, 7) is 2.12. The van der Waals surface area contributed by atoms with Gasteiger partial charge in [0, 0.05) is 23.8 Å². The summed E-state index contributed by atoms with van der Waals surface area (Å²) in [7, 11) is -3.24. The van der Waals surface area contributed by atoms with Crippen molar-refractivity contribution in [1.29, 1.82) is 0 Å². The third-order valence-electron chi connectivity index (χ3n) is 4.08. The lowest BCUT2D eigenvalue weighted by molar-refractivity contribution is -0.137. The molecule has 0 aromatic heterocycles. The molecule has 0 aromatic carbocycles. The van der Waals surface area contributed by atoms with Gasteiger partial charge in [0.05, 0.1) is 5.54 Å². The molecule has 1 saturated heterocycles. The van der Waals surface area contributed by atoms with E-state index in [2.05, 4.69) is 0 Å². The van der Waals surface area contributed by atoms with E-state index >= 15 is 0 Å². The first-order valence-corrected chi connectivity index (χ1v) is 9.67. The van der Waals surface area contributed by atoms with E-state index in [0.717, 1.165) is 18.6 Å². The molecule has 2 fully saturated rings. The van der Waals surface area contributed by atoms with Gasteiger partial charge in [-0.3, -0.25) is 4.79 Å². The molecule has 2 aliphatic rings. The van der Waals surface area contributed by atoms with Crippen molar-refractivity contribution >= 4 is 27.5 Å². The van der Waals surface area contributed by atoms with Gasteiger partial charge in [0.2, 0.25) is 5.91 Å². The molecule has 1 atom stereocenters. The molecule has 1 aliphatic heterocycles. The van der Waals surface area contributed by atoms with Crippen LogP contribution in [0.3, 0.4) is 0 Å². The number of thioether (sulfide) groups is 1. The minimum absolute atomic E-state index is 0.0690. The number of hydrogen-bond donors (Lipinski definition) is 1. The van der Waals surface area contributed by atoms with Crippen LogP contribution in [-0.2, 0) is 14.6 Å². The molecule has 0 spiro atoms. The summed E-state index contributed by atoms with van der Waals surface area (Å²) in [5, 5.41) is -0.690. The van der Waals surface area contributed by atoms with E-state index in [1.54, 1.807) is 18.7 Å². The zero-order valence-electron chi connectivity index (χ0n) is 11.3. The zero-order chi connectivity index (χ0) is 14.1. The van der Waals surface area contributed by atoms with Gasteiger partial charge in [0.15, 0.2) is 9.84 Å². The van der Waals surface area contributed by atoms with Crippen LogP contribution in [0.25, 0.3) is 0 Å². The van der Waals surface area contributed by atoms with Crippen molar-refractivity contribution in [1.82, 2.24) is 4.90 Å². The Morgan fingerprint density at radius 1 is 1.42 bits per heavy atom. The van der Waals surface area contributed by atoms with Gasteiger partial charge in [-0.25, -0.2) is 8.42 Å². The van der Waals surface area contributed by atoms with Crippen LogP contribution < -0.4 is 5.73 Å².